The first-order valence-corrected chi connectivity index (χ1v) is 6.82. The Labute approximate surface area is 115 Å². The van der Waals surface area contributed by atoms with Crippen molar-refractivity contribution >= 4 is 11.6 Å². The third-order valence-electron chi connectivity index (χ3n) is 3.79. The molecule has 1 aromatic rings. The van der Waals surface area contributed by atoms with Crippen LogP contribution in [-0.2, 0) is 0 Å². The summed E-state index contributed by atoms with van der Waals surface area (Å²) in [7, 11) is 5.91. The molecule has 1 amide bonds. The Hall–Kier alpha value is -1.55. The number of amides is 1. The first-order valence-electron chi connectivity index (χ1n) is 6.82. The van der Waals surface area contributed by atoms with Gasteiger partial charge in [0.1, 0.15) is 0 Å². The summed E-state index contributed by atoms with van der Waals surface area (Å²) in [5.74, 6) is 0.715. The number of nitrogens with zero attached hydrogens (tertiary/aromatic N) is 2. The normalized spacial score (nSPS) is 19.4. The highest BCUT2D eigenvalue weighted by Crippen LogP contribution is 2.17. The summed E-state index contributed by atoms with van der Waals surface area (Å²) >= 11 is 0. The van der Waals surface area contributed by atoms with E-state index in [9.17, 15) is 4.79 Å². The van der Waals surface area contributed by atoms with Gasteiger partial charge in [-0.15, -0.1) is 0 Å². The monoisotopic (exact) mass is 261 g/mol. The molecule has 1 aromatic carbocycles. The maximum Gasteiger partial charge on any atom is 0.253 e. The largest absolute Gasteiger partial charge is 0.388 e. The molecule has 1 N–H and O–H groups in total. The van der Waals surface area contributed by atoms with Gasteiger partial charge in [0.25, 0.3) is 5.91 Å². The minimum atomic E-state index is 0.109. The summed E-state index contributed by atoms with van der Waals surface area (Å²) in [5.41, 5.74) is 1.78. The van der Waals surface area contributed by atoms with Crippen molar-refractivity contribution in [2.45, 2.75) is 6.42 Å². The van der Waals surface area contributed by atoms with Crippen molar-refractivity contribution in [3.63, 3.8) is 0 Å². The summed E-state index contributed by atoms with van der Waals surface area (Å²) in [6.07, 6.45) is 1.19. The lowest BCUT2D eigenvalue weighted by atomic mass is 10.1. The molecule has 0 aliphatic carbocycles. The van der Waals surface area contributed by atoms with Crippen LogP contribution in [0.2, 0.25) is 0 Å². The fourth-order valence-corrected chi connectivity index (χ4v) is 2.65. The van der Waals surface area contributed by atoms with Crippen LogP contribution < -0.4 is 5.32 Å². The molecule has 0 bridgehead atoms. The van der Waals surface area contributed by atoms with Crippen LogP contribution in [0.1, 0.15) is 16.8 Å². The Kier molecular flexibility index (Phi) is 4.43. The van der Waals surface area contributed by atoms with E-state index >= 15 is 0 Å². The molecule has 1 aliphatic heterocycles. The van der Waals surface area contributed by atoms with Gasteiger partial charge in [-0.25, -0.2) is 0 Å². The number of nitrogens with one attached hydrogen (secondary N) is 1. The average molecular weight is 261 g/mol. The van der Waals surface area contributed by atoms with Crippen LogP contribution in [0.25, 0.3) is 0 Å². The van der Waals surface area contributed by atoms with E-state index in [-0.39, 0.29) is 5.91 Å². The Morgan fingerprint density at radius 3 is 2.63 bits per heavy atom. The molecule has 1 saturated heterocycles. The molecular formula is C15H23N3O. The maximum absolute atomic E-state index is 12.3. The lowest BCUT2D eigenvalue weighted by molar-refractivity contribution is 0.0774. The quantitative estimate of drug-likeness (QED) is 0.897. The van der Waals surface area contributed by atoms with Crippen molar-refractivity contribution in [2.75, 3.05) is 46.1 Å². The minimum absolute atomic E-state index is 0.109. The molecule has 104 valence electrons. The van der Waals surface area contributed by atoms with Gasteiger partial charge in [0.15, 0.2) is 0 Å². The van der Waals surface area contributed by atoms with Crippen LogP contribution in [-0.4, -0.2) is 56.5 Å². The van der Waals surface area contributed by atoms with Gasteiger partial charge >= 0.3 is 0 Å². The Bertz CT molecular complexity index is 430. The van der Waals surface area contributed by atoms with E-state index in [0.29, 0.717) is 5.92 Å². The van der Waals surface area contributed by atoms with Crippen molar-refractivity contribution in [3.8, 4) is 0 Å². The van der Waals surface area contributed by atoms with Crippen LogP contribution in [0.15, 0.2) is 24.3 Å². The van der Waals surface area contributed by atoms with Crippen molar-refractivity contribution in [1.82, 2.24) is 9.80 Å². The number of hydrogen-bond acceptors (Lipinski definition) is 3. The first kappa shape index (κ1) is 13.9. The van der Waals surface area contributed by atoms with Gasteiger partial charge < -0.3 is 15.1 Å². The van der Waals surface area contributed by atoms with Crippen LogP contribution >= 0.6 is 0 Å². The third-order valence-corrected chi connectivity index (χ3v) is 3.79. The fraction of sp³-hybridized carbons (Fsp3) is 0.533. The lowest BCUT2D eigenvalue weighted by Gasteiger charge is -2.21. The highest BCUT2D eigenvalue weighted by atomic mass is 16.2. The zero-order chi connectivity index (χ0) is 13.8. The fourth-order valence-electron chi connectivity index (χ4n) is 2.65. The van der Waals surface area contributed by atoms with E-state index < -0.39 is 0 Å². The van der Waals surface area contributed by atoms with Gasteiger partial charge in [-0.3, -0.25) is 4.79 Å². The van der Waals surface area contributed by atoms with Gasteiger partial charge in [0.2, 0.25) is 0 Å². The first-order chi connectivity index (χ1) is 9.10. The Morgan fingerprint density at radius 2 is 2.11 bits per heavy atom. The highest BCUT2D eigenvalue weighted by molar-refractivity contribution is 5.94. The molecule has 1 atom stereocenters. The molecule has 0 spiro atoms. The van der Waals surface area contributed by atoms with Gasteiger partial charge in [-0.1, -0.05) is 0 Å². The zero-order valence-electron chi connectivity index (χ0n) is 12.0. The van der Waals surface area contributed by atoms with E-state index in [1.54, 1.807) is 0 Å². The molecule has 4 heteroatoms. The molecule has 19 heavy (non-hydrogen) atoms. The predicted molar refractivity (Wildman–Crippen MR) is 78.6 cm³/mol. The molecule has 1 heterocycles. The Morgan fingerprint density at radius 1 is 1.42 bits per heavy atom. The molecule has 0 aromatic heterocycles. The van der Waals surface area contributed by atoms with Crippen molar-refractivity contribution in [1.29, 1.82) is 0 Å². The van der Waals surface area contributed by atoms with E-state index in [0.717, 1.165) is 30.9 Å². The maximum atomic E-state index is 12.3. The van der Waals surface area contributed by atoms with Gasteiger partial charge in [-0.05, 0) is 50.2 Å². The van der Waals surface area contributed by atoms with E-state index in [4.69, 9.17) is 0 Å². The number of hydrogen-bond donors (Lipinski definition) is 1. The molecule has 1 unspecified atom stereocenters. The van der Waals surface area contributed by atoms with E-state index in [1.807, 2.05) is 43.3 Å². The number of likely N-dealkylation sites (tertiary alicyclic amines) is 1. The van der Waals surface area contributed by atoms with Crippen molar-refractivity contribution in [3.05, 3.63) is 29.8 Å². The number of carbonyl (C=O) groups is 1. The molecular weight excluding hydrogens is 238 g/mol. The lowest BCUT2D eigenvalue weighted by Crippen LogP contribution is -2.32. The van der Waals surface area contributed by atoms with E-state index in [1.165, 1.54) is 6.42 Å². The number of rotatable bonds is 4. The third kappa shape index (κ3) is 3.47. The second-order valence-electron chi connectivity index (χ2n) is 5.43. The average Bonchev–Trinajstić information content (AvgIpc) is 2.83. The van der Waals surface area contributed by atoms with Gasteiger partial charge in [0.05, 0.1) is 0 Å². The highest BCUT2D eigenvalue weighted by Gasteiger charge is 2.22. The van der Waals surface area contributed by atoms with E-state index in [2.05, 4.69) is 17.3 Å². The zero-order valence-corrected chi connectivity index (χ0v) is 12.0. The Balaban J connectivity index is 1.94. The van der Waals surface area contributed by atoms with Crippen LogP contribution in [0, 0.1) is 5.92 Å². The number of benzene rings is 1. The number of anilines is 1. The van der Waals surface area contributed by atoms with Crippen LogP contribution in [0.4, 0.5) is 5.69 Å². The SMILES string of the molecule is CNc1ccc(C(=O)N(C)CC2CCN(C)C2)cc1. The van der Waals surface area contributed by atoms with Crippen molar-refractivity contribution < 1.29 is 4.79 Å². The van der Waals surface area contributed by atoms with Gasteiger partial charge in [-0.2, -0.15) is 0 Å². The summed E-state index contributed by atoms with van der Waals surface area (Å²) in [5, 5.41) is 3.06. The van der Waals surface area contributed by atoms with Crippen LogP contribution in [0.3, 0.4) is 0 Å². The number of carbonyl (C=O) groups excluding carboxylic acids is 1. The molecule has 0 saturated carbocycles. The van der Waals surface area contributed by atoms with Gasteiger partial charge in [0, 0.05) is 38.4 Å². The molecule has 2 rings (SSSR count). The second kappa shape index (κ2) is 6.06. The topological polar surface area (TPSA) is 35.6 Å². The molecule has 4 nitrogen and oxygen atoms in total. The molecule has 1 aliphatic rings. The minimum Gasteiger partial charge on any atom is -0.388 e. The second-order valence-corrected chi connectivity index (χ2v) is 5.43. The molecule has 1 fully saturated rings. The van der Waals surface area contributed by atoms with Crippen LogP contribution in [0.5, 0.6) is 0 Å². The standard InChI is InChI=1S/C15H23N3O/c1-16-14-6-4-13(5-7-14)15(19)18(3)11-12-8-9-17(2)10-12/h4-7,12,16H,8-11H2,1-3H3. The summed E-state index contributed by atoms with van der Waals surface area (Å²) in [4.78, 5) is 16.5. The smallest absolute Gasteiger partial charge is 0.253 e. The predicted octanol–water partition coefficient (Wildman–Crippen LogP) is 1.75. The van der Waals surface area contributed by atoms with Crippen molar-refractivity contribution in [2.24, 2.45) is 5.92 Å². The summed E-state index contributed by atoms with van der Waals surface area (Å²) in [6, 6.07) is 7.63. The molecule has 0 radical (unpaired) electrons. The summed E-state index contributed by atoms with van der Waals surface area (Å²) < 4.78 is 0. The summed E-state index contributed by atoms with van der Waals surface area (Å²) in [6.45, 7) is 3.08.